The normalized spacial score (nSPS) is 12.1. The molecule has 1 unspecified atom stereocenters. The van der Waals surface area contributed by atoms with Gasteiger partial charge in [-0.15, -0.1) is 0 Å². The molecule has 0 aliphatic rings. The molecule has 0 aliphatic heterocycles. The molecule has 0 bridgehead atoms. The first kappa shape index (κ1) is 13.7. The van der Waals surface area contributed by atoms with Crippen LogP contribution >= 0.6 is 11.6 Å². The van der Waals surface area contributed by atoms with Crippen LogP contribution in [0, 0.1) is 0 Å². The summed E-state index contributed by atoms with van der Waals surface area (Å²) in [4.78, 5) is 11.7. The minimum absolute atomic E-state index is 0.0900. The van der Waals surface area contributed by atoms with E-state index in [4.69, 9.17) is 16.3 Å². The Hall–Kier alpha value is -1.74. The zero-order valence-corrected chi connectivity index (χ0v) is 11.5. The molecule has 0 fully saturated rings. The van der Waals surface area contributed by atoms with Crippen LogP contribution in [-0.2, 0) is 9.53 Å². The fourth-order valence-electron chi connectivity index (χ4n) is 2.04. The van der Waals surface area contributed by atoms with Gasteiger partial charge in [-0.3, -0.25) is 4.79 Å². The van der Waals surface area contributed by atoms with E-state index in [0.29, 0.717) is 18.1 Å². The molecule has 0 spiro atoms. The van der Waals surface area contributed by atoms with Crippen LogP contribution in [0.25, 0.3) is 0 Å². The lowest BCUT2D eigenvalue weighted by Gasteiger charge is -2.19. The second-order valence-electron chi connectivity index (χ2n) is 4.21. The van der Waals surface area contributed by atoms with E-state index in [1.807, 2.05) is 60.3 Å². The molecule has 0 saturated heterocycles. The smallest absolute Gasteiger partial charge is 0.308 e. The van der Waals surface area contributed by atoms with Gasteiger partial charge in [-0.1, -0.05) is 23.7 Å². The van der Waals surface area contributed by atoms with Crippen LogP contribution in [0.2, 0.25) is 5.02 Å². The maximum Gasteiger partial charge on any atom is 0.308 e. The van der Waals surface area contributed by atoms with Gasteiger partial charge in [0, 0.05) is 17.4 Å². The maximum absolute atomic E-state index is 11.7. The van der Waals surface area contributed by atoms with Gasteiger partial charge in [0.25, 0.3) is 0 Å². The summed E-state index contributed by atoms with van der Waals surface area (Å²) in [6.07, 6.45) is 4.17. The second kappa shape index (κ2) is 6.43. The molecular weight excluding hydrogens is 262 g/mol. The molecule has 0 saturated carbocycles. The predicted molar refractivity (Wildman–Crippen MR) is 75.3 cm³/mol. The summed E-state index contributed by atoms with van der Waals surface area (Å²) in [5.74, 6) is -0.207. The highest BCUT2D eigenvalue weighted by atomic mass is 35.5. The maximum atomic E-state index is 11.7. The van der Waals surface area contributed by atoms with Gasteiger partial charge in [-0.25, -0.2) is 0 Å². The molecule has 4 heteroatoms. The van der Waals surface area contributed by atoms with Crippen molar-refractivity contribution in [3.05, 3.63) is 59.4 Å². The molecule has 2 aromatic rings. The molecule has 0 radical (unpaired) electrons. The van der Waals surface area contributed by atoms with Gasteiger partial charge in [0.1, 0.15) is 0 Å². The summed E-state index contributed by atoms with van der Waals surface area (Å²) in [5, 5.41) is 0.665. The number of esters is 1. The first-order valence-corrected chi connectivity index (χ1v) is 6.62. The van der Waals surface area contributed by atoms with E-state index in [9.17, 15) is 4.79 Å². The van der Waals surface area contributed by atoms with Crippen molar-refractivity contribution in [1.82, 2.24) is 4.57 Å². The van der Waals surface area contributed by atoms with E-state index >= 15 is 0 Å². The van der Waals surface area contributed by atoms with Crippen LogP contribution in [0.5, 0.6) is 0 Å². The molecule has 1 aromatic heterocycles. The molecule has 0 amide bonds. The first-order valence-electron chi connectivity index (χ1n) is 6.24. The van der Waals surface area contributed by atoms with Gasteiger partial charge in [-0.2, -0.15) is 0 Å². The number of rotatable bonds is 5. The molecule has 1 heterocycles. The third-order valence-electron chi connectivity index (χ3n) is 2.89. The molecular formula is C15H16ClNO2. The van der Waals surface area contributed by atoms with Gasteiger partial charge in [0.15, 0.2) is 0 Å². The van der Waals surface area contributed by atoms with E-state index in [0.717, 1.165) is 5.56 Å². The third kappa shape index (κ3) is 3.61. The summed E-state index contributed by atoms with van der Waals surface area (Å²) >= 11 is 6.02. The summed E-state index contributed by atoms with van der Waals surface area (Å²) in [5.41, 5.74) is 0.997. The topological polar surface area (TPSA) is 31.2 Å². The Bertz CT molecular complexity index is 537. The number of halogens is 1. The molecule has 19 heavy (non-hydrogen) atoms. The Morgan fingerprint density at radius 2 is 2.05 bits per heavy atom. The number of hydrogen-bond donors (Lipinski definition) is 0. The van der Waals surface area contributed by atoms with E-state index in [1.54, 1.807) is 0 Å². The van der Waals surface area contributed by atoms with Gasteiger partial charge < -0.3 is 9.30 Å². The molecule has 3 nitrogen and oxygen atoms in total. The summed E-state index contributed by atoms with van der Waals surface area (Å²) in [6, 6.07) is 11.3. The largest absolute Gasteiger partial charge is 0.466 e. The second-order valence-corrected chi connectivity index (χ2v) is 4.65. The van der Waals surface area contributed by atoms with Crippen LogP contribution in [0.4, 0.5) is 0 Å². The van der Waals surface area contributed by atoms with E-state index in [1.165, 1.54) is 0 Å². The monoisotopic (exact) mass is 277 g/mol. The zero-order chi connectivity index (χ0) is 13.7. The lowest BCUT2D eigenvalue weighted by atomic mass is 10.0. The SMILES string of the molecule is CCOC(=O)CC(c1cccc(Cl)c1)n1cccc1. The Kier molecular flexibility index (Phi) is 4.63. The van der Waals surface area contributed by atoms with E-state index in [-0.39, 0.29) is 12.0 Å². The minimum Gasteiger partial charge on any atom is -0.466 e. The lowest BCUT2D eigenvalue weighted by molar-refractivity contribution is -0.143. The zero-order valence-electron chi connectivity index (χ0n) is 10.8. The van der Waals surface area contributed by atoms with Crippen LogP contribution in [-0.4, -0.2) is 17.1 Å². The lowest BCUT2D eigenvalue weighted by Crippen LogP contribution is -2.16. The molecule has 2 rings (SSSR count). The molecule has 0 aliphatic carbocycles. The number of benzene rings is 1. The van der Waals surface area contributed by atoms with Crippen molar-refractivity contribution in [3.8, 4) is 0 Å². The number of nitrogens with zero attached hydrogens (tertiary/aromatic N) is 1. The van der Waals surface area contributed by atoms with Gasteiger partial charge >= 0.3 is 5.97 Å². The van der Waals surface area contributed by atoms with Crippen LogP contribution in [0.15, 0.2) is 48.8 Å². The van der Waals surface area contributed by atoms with Gasteiger partial charge in [-0.05, 0) is 36.8 Å². The van der Waals surface area contributed by atoms with E-state index < -0.39 is 0 Å². The van der Waals surface area contributed by atoms with E-state index in [2.05, 4.69) is 0 Å². The molecule has 1 atom stereocenters. The van der Waals surface area contributed by atoms with Crippen molar-refractivity contribution >= 4 is 17.6 Å². The summed E-state index contributed by atoms with van der Waals surface area (Å²) < 4.78 is 7.03. The van der Waals surface area contributed by atoms with Gasteiger partial charge in [0.2, 0.25) is 0 Å². The highest BCUT2D eigenvalue weighted by Gasteiger charge is 2.18. The van der Waals surface area contributed by atoms with Crippen molar-refractivity contribution in [1.29, 1.82) is 0 Å². The van der Waals surface area contributed by atoms with Crippen molar-refractivity contribution in [3.63, 3.8) is 0 Å². The third-order valence-corrected chi connectivity index (χ3v) is 3.12. The standard InChI is InChI=1S/C15H16ClNO2/c1-2-19-15(18)11-14(17-8-3-4-9-17)12-6-5-7-13(16)10-12/h3-10,14H,2,11H2,1H3. The summed E-state index contributed by atoms with van der Waals surface area (Å²) in [6.45, 7) is 2.20. The molecule has 0 N–H and O–H groups in total. The Balaban J connectivity index is 2.27. The number of carbonyl (C=O) groups excluding carboxylic acids is 1. The quantitative estimate of drug-likeness (QED) is 0.781. The fraction of sp³-hybridized carbons (Fsp3) is 0.267. The van der Waals surface area contributed by atoms with Gasteiger partial charge in [0.05, 0.1) is 19.1 Å². The predicted octanol–water partition coefficient (Wildman–Crippen LogP) is 3.68. The highest BCUT2D eigenvalue weighted by molar-refractivity contribution is 6.30. The molecule has 1 aromatic carbocycles. The van der Waals surface area contributed by atoms with Crippen molar-refractivity contribution in [2.24, 2.45) is 0 Å². The number of carbonyl (C=O) groups is 1. The Morgan fingerprint density at radius 1 is 1.32 bits per heavy atom. The number of aromatic nitrogens is 1. The fourth-order valence-corrected chi connectivity index (χ4v) is 2.24. The van der Waals surface area contributed by atoms with Crippen molar-refractivity contribution in [2.45, 2.75) is 19.4 Å². The van der Waals surface area contributed by atoms with Crippen LogP contribution in [0.3, 0.4) is 0 Å². The van der Waals surface area contributed by atoms with Crippen LogP contribution in [0.1, 0.15) is 24.9 Å². The van der Waals surface area contributed by atoms with Crippen molar-refractivity contribution < 1.29 is 9.53 Å². The highest BCUT2D eigenvalue weighted by Crippen LogP contribution is 2.25. The minimum atomic E-state index is -0.207. The average molecular weight is 278 g/mol. The average Bonchev–Trinajstić information content (AvgIpc) is 2.90. The first-order chi connectivity index (χ1) is 9.20. The Labute approximate surface area is 117 Å². The number of hydrogen-bond acceptors (Lipinski definition) is 2. The molecule has 100 valence electrons. The Morgan fingerprint density at radius 3 is 2.68 bits per heavy atom. The number of ether oxygens (including phenoxy) is 1. The van der Waals surface area contributed by atoms with Crippen molar-refractivity contribution in [2.75, 3.05) is 6.61 Å². The summed E-state index contributed by atoms with van der Waals surface area (Å²) in [7, 11) is 0. The van der Waals surface area contributed by atoms with Crippen LogP contribution < -0.4 is 0 Å².